The molecule has 0 saturated carbocycles. The summed E-state index contributed by atoms with van der Waals surface area (Å²) < 4.78 is 0. The first-order valence-electron chi connectivity index (χ1n) is 9.93. The molecule has 3 unspecified atom stereocenters. The SMILES string of the molecule is CNC(=O)C(C)(C)CC(C)C(=O)N1CCN(C(=O)C(C)CC(C)C(=O)O)CC1. The van der Waals surface area contributed by atoms with E-state index in [0.717, 1.165) is 0 Å². The highest BCUT2D eigenvalue weighted by Crippen LogP contribution is 2.27. The van der Waals surface area contributed by atoms with Gasteiger partial charge in [0.25, 0.3) is 0 Å². The number of piperazine rings is 1. The predicted octanol–water partition coefficient (Wildman–Crippen LogP) is 1.20. The van der Waals surface area contributed by atoms with Gasteiger partial charge in [0.15, 0.2) is 0 Å². The van der Waals surface area contributed by atoms with E-state index in [1.54, 1.807) is 30.7 Å². The molecule has 1 rings (SSSR count). The smallest absolute Gasteiger partial charge is 0.306 e. The van der Waals surface area contributed by atoms with Crippen molar-refractivity contribution in [1.82, 2.24) is 15.1 Å². The third-order valence-corrected chi connectivity index (χ3v) is 5.53. The number of nitrogens with zero attached hydrogens (tertiary/aromatic N) is 2. The lowest BCUT2D eigenvalue weighted by atomic mass is 9.82. The first-order chi connectivity index (χ1) is 12.9. The van der Waals surface area contributed by atoms with Gasteiger partial charge in [-0.25, -0.2) is 0 Å². The molecule has 0 aromatic carbocycles. The molecule has 1 fully saturated rings. The summed E-state index contributed by atoms with van der Waals surface area (Å²) in [5.74, 6) is -2.27. The average molecular weight is 398 g/mol. The number of carboxylic acids is 1. The summed E-state index contributed by atoms with van der Waals surface area (Å²) >= 11 is 0. The van der Waals surface area contributed by atoms with Crippen LogP contribution in [-0.2, 0) is 19.2 Å². The van der Waals surface area contributed by atoms with Crippen LogP contribution in [0.5, 0.6) is 0 Å². The van der Waals surface area contributed by atoms with Crippen molar-refractivity contribution < 1.29 is 24.3 Å². The Labute approximate surface area is 167 Å². The molecular weight excluding hydrogens is 362 g/mol. The highest BCUT2D eigenvalue weighted by Gasteiger charge is 2.34. The number of rotatable bonds is 8. The van der Waals surface area contributed by atoms with Crippen LogP contribution in [0.15, 0.2) is 0 Å². The minimum absolute atomic E-state index is 0.00313. The zero-order valence-electron chi connectivity index (χ0n) is 17.9. The van der Waals surface area contributed by atoms with E-state index in [-0.39, 0.29) is 29.6 Å². The lowest BCUT2D eigenvalue weighted by molar-refractivity contribution is -0.146. The second-order valence-electron chi connectivity index (χ2n) is 8.59. The summed E-state index contributed by atoms with van der Waals surface area (Å²) in [4.78, 5) is 51.7. The number of amides is 3. The molecule has 0 aliphatic carbocycles. The Bertz CT molecular complexity index is 597. The monoisotopic (exact) mass is 397 g/mol. The van der Waals surface area contributed by atoms with E-state index >= 15 is 0 Å². The van der Waals surface area contributed by atoms with Crippen molar-refractivity contribution in [2.75, 3.05) is 33.2 Å². The molecule has 1 aliphatic heterocycles. The van der Waals surface area contributed by atoms with Gasteiger partial charge in [-0.15, -0.1) is 0 Å². The molecule has 8 nitrogen and oxygen atoms in total. The van der Waals surface area contributed by atoms with Crippen LogP contribution >= 0.6 is 0 Å². The number of hydrogen-bond donors (Lipinski definition) is 2. The quantitative estimate of drug-likeness (QED) is 0.640. The van der Waals surface area contributed by atoms with E-state index in [0.29, 0.717) is 39.0 Å². The highest BCUT2D eigenvalue weighted by atomic mass is 16.4. The van der Waals surface area contributed by atoms with Gasteiger partial charge in [-0.05, 0) is 12.8 Å². The summed E-state index contributed by atoms with van der Waals surface area (Å²) in [5.41, 5.74) is -0.627. The molecule has 1 heterocycles. The van der Waals surface area contributed by atoms with Gasteiger partial charge in [0.05, 0.1) is 5.92 Å². The zero-order chi connectivity index (χ0) is 21.6. The second-order valence-corrected chi connectivity index (χ2v) is 8.59. The maximum Gasteiger partial charge on any atom is 0.306 e. The van der Waals surface area contributed by atoms with E-state index in [4.69, 9.17) is 5.11 Å². The molecule has 2 N–H and O–H groups in total. The Morgan fingerprint density at radius 2 is 1.32 bits per heavy atom. The highest BCUT2D eigenvalue weighted by molar-refractivity contribution is 5.84. The Kier molecular flexibility index (Phi) is 8.45. The largest absolute Gasteiger partial charge is 0.481 e. The van der Waals surface area contributed by atoms with Gasteiger partial charge in [-0.1, -0.05) is 34.6 Å². The molecule has 1 saturated heterocycles. The molecule has 160 valence electrons. The maximum atomic E-state index is 12.7. The zero-order valence-corrected chi connectivity index (χ0v) is 17.9. The molecule has 0 spiro atoms. The van der Waals surface area contributed by atoms with Crippen molar-refractivity contribution in [3.8, 4) is 0 Å². The van der Waals surface area contributed by atoms with E-state index < -0.39 is 17.3 Å². The number of carbonyl (C=O) groups is 4. The molecule has 0 radical (unpaired) electrons. The van der Waals surface area contributed by atoms with E-state index in [1.807, 2.05) is 20.8 Å². The molecule has 8 heteroatoms. The molecule has 3 amide bonds. The molecule has 28 heavy (non-hydrogen) atoms. The van der Waals surface area contributed by atoms with E-state index in [9.17, 15) is 19.2 Å². The maximum absolute atomic E-state index is 12.7. The summed E-state index contributed by atoms with van der Waals surface area (Å²) in [6, 6.07) is 0. The molecule has 0 aromatic heterocycles. The Morgan fingerprint density at radius 1 is 0.893 bits per heavy atom. The van der Waals surface area contributed by atoms with Gasteiger partial charge in [-0.3, -0.25) is 19.2 Å². The normalized spacial score (nSPS) is 18.2. The van der Waals surface area contributed by atoms with Crippen molar-refractivity contribution in [1.29, 1.82) is 0 Å². The topological polar surface area (TPSA) is 107 Å². The number of aliphatic carboxylic acids is 1. The van der Waals surface area contributed by atoms with E-state index in [1.165, 1.54) is 0 Å². The molecular formula is C20H35N3O5. The standard InChI is InChI=1S/C20H35N3O5/c1-13(11-14(2)18(26)27)16(24)22-7-9-23(10-8-22)17(25)15(3)12-20(4,5)19(28)21-6/h13-15H,7-12H2,1-6H3,(H,21,28)(H,26,27). The second kappa shape index (κ2) is 9.89. The van der Waals surface area contributed by atoms with Gasteiger partial charge < -0.3 is 20.2 Å². The van der Waals surface area contributed by atoms with Gasteiger partial charge in [-0.2, -0.15) is 0 Å². The van der Waals surface area contributed by atoms with Crippen molar-refractivity contribution in [2.24, 2.45) is 23.2 Å². The number of carbonyl (C=O) groups excluding carboxylic acids is 3. The van der Waals surface area contributed by atoms with Crippen molar-refractivity contribution >= 4 is 23.7 Å². The van der Waals surface area contributed by atoms with E-state index in [2.05, 4.69) is 5.32 Å². The number of carboxylic acid groups (broad SMARTS) is 1. The van der Waals surface area contributed by atoms with Gasteiger partial charge in [0.1, 0.15) is 0 Å². The Morgan fingerprint density at radius 3 is 1.71 bits per heavy atom. The minimum Gasteiger partial charge on any atom is -0.481 e. The first-order valence-corrected chi connectivity index (χ1v) is 9.93. The van der Waals surface area contributed by atoms with Crippen LogP contribution in [0.2, 0.25) is 0 Å². The molecule has 0 bridgehead atoms. The van der Waals surface area contributed by atoms with Gasteiger partial charge >= 0.3 is 5.97 Å². The van der Waals surface area contributed by atoms with Crippen LogP contribution < -0.4 is 5.32 Å². The lowest BCUT2D eigenvalue weighted by Crippen LogP contribution is -2.53. The minimum atomic E-state index is -0.899. The van der Waals surface area contributed by atoms with Gasteiger partial charge in [0.2, 0.25) is 17.7 Å². The summed E-state index contributed by atoms with van der Waals surface area (Å²) in [6.45, 7) is 10.6. The third-order valence-electron chi connectivity index (χ3n) is 5.53. The van der Waals surface area contributed by atoms with Crippen LogP contribution in [0, 0.1) is 23.2 Å². The summed E-state index contributed by atoms with van der Waals surface area (Å²) in [7, 11) is 1.59. The van der Waals surface area contributed by atoms with Crippen molar-refractivity contribution in [2.45, 2.75) is 47.5 Å². The Balaban J connectivity index is 2.56. The van der Waals surface area contributed by atoms with Crippen LogP contribution in [-0.4, -0.2) is 71.8 Å². The van der Waals surface area contributed by atoms with Crippen LogP contribution in [0.3, 0.4) is 0 Å². The fourth-order valence-corrected chi connectivity index (χ4v) is 3.79. The number of nitrogens with one attached hydrogen (secondary N) is 1. The fraction of sp³-hybridized carbons (Fsp3) is 0.800. The summed E-state index contributed by atoms with van der Waals surface area (Å²) in [5, 5.41) is 11.6. The average Bonchev–Trinajstić information content (AvgIpc) is 2.65. The molecule has 1 aliphatic rings. The predicted molar refractivity (Wildman–Crippen MR) is 105 cm³/mol. The molecule has 3 atom stereocenters. The van der Waals surface area contributed by atoms with Crippen LogP contribution in [0.25, 0.3) is 0 Å². The van der Waals surface area contributed by atoms with Crippen molar-refractivity contribution in [3.05, 3.63) is 0 Å². The first kappa shape index (κ1) is 23.9. The van der Waals surface area contributed by atoms with Crippen LogP contribution in [0.1, 0.15) is 47.5 Å². The summed E-state index contributed by atoms with van der Waals surface area (Å²) in [6.07, 6.45) is 0.758. The third kappa shape index (κ3) is 6.21. The fourth-order valence-electron chi connectivity index (χ4n) is 3.79. The number of hydrogen-bond acceptors (Lipinski definition) is 4. The Hall–Kier alpha value is -2.12. The van der Waals surface area contributed by atoms with Gasteiger partial charge in [0, 0.05) is 50.5 Å². The molecule has 0 aromatic rings. The van der Waals surface area contributed by atoms with Crippen molar-refractivity contribution in [3.63, 3.8) is 0 Å². The lowest BCUT2D eigenvalue weighted by Gasteiger charge is -2.38. The van der Waals surface area contributed by atoms with Crippen LogP contribution in [0.4, 0.5) is 0 Å².